The van der Waals surface area contributed by atoms with Gasteiger partial charge in [0.2, 0.25) is 0 Å². The lowest BCUT2D eigenvalue weighted by atomic mass is 9.94. The van der Waals surface area contributed by atoms with Crippen molar-refractivity contribution in [3.05, 3.63) is 52.3 Å². The summed E-state index contributed by atoms with van der Waals surface area (Å²) in [7, 11) is -2.97. The summed E-state index contributed by atoms with van der Waals surface area (Å²) in [5.41, 5.74) is 6.45. The number of benzene rings is 1. The molecule has 1 saturated heterocycles. The first kappa shape index (κ1) is 21.2. The molecule has 0 spiro atoms. The van der Waals surface area contributed by atoms with Crippen LogP contribution in [0.4, 0.5) is 5.69 Å². The molecule has 1 atom stereocenters. The van der Waals surface area contributed by atoms with Crippen LogP contribution in [0.3, 0.4) is 0 Å². The molecule has 0 bridgehead atoms. The van der Waals surface area contributed by atoms with Gasteiger partial charge in [-0.05, 0) is 62.3 Å². The highest BCUT2D eigenvalue weighted by Crippen LogP contribution is 2.32. The summed E-state index contributed by atoms with van der Waals surface area (Å²) in [6.07, 6.45) is 2.75. The van der Waals surface area contributed by atoms with Crippen LogP contribution in [0.1, 0.15) is 71.5 Å². The summed E-state index contributed by atoms with van der Waals surface area (Å²) < 4.78 is 25.9. The molecule has 2 aliphatic heterocycles. The molecule has 2 aromatic rings. The summed E-state index contributed by atoms with van der Waals surface area (Å²) in [5.74, 6) is 1.02. The van der Waals surface area contributed by atoms with Crippen molar-refractivity contribution in [1.29, 1.82) is 0 Å². The molecular formula is C24H32N2O3S. The maximum atomic E-state index is 13.3. The number of aryl methyl sites for hydroxylation is 2. The number of rotatable bonds is 5. The van der Waals surface area contributed by atoms with Crippen LogP contribution >= 0.6 is 0 Å². The van der Waals surface area contributed by atoms with Crippen molar-refractivity contribution in [2.45, 2.75) is 58.9 Å². The van der Waals surface area contributed by atoms with Crippen molar-refractivity contribution in [2.75, 3.05) is 29.5 Å². The fourth-order valence-electron chi connectivity index (χ4n) is 5.08. The minimum Gasteiger partial charge on any atom is -0.364 e. The van der Waals surface area contributed by atoms with Crippen molar-refractivity contribution in [3.63, 3.8) is 0 Å². The summed E-state index contributed by atoms with van der Waals surface area (Å²) in [4.78, 5) is 15.5. The Balaban J connectivity index is 1.57. The van der Waals surface area contributed by atoms with E-state index in [2.05, 4.69) is 41.5 Å². The summed E-state index contributed by atoms with van der Waals surface area (Å²) in [5, 5.41) is 0. The van der Waals surface area contributed by atoms with Crippen LogP contribution in [0.5, 0.6) is 0 Å². The molecule has 0 N–H and O–H groups in total. The van der Waals surface area contributed by atoms with Gasteiger partial charge < -0.3 is 9.47 Å². The molecule has 30 heavy (non-hydrogen) atoms. The number of carbonyl (C=O) groups excluding carboxylic acids is 1. The molecule has 1 fully saturated rings. The van der Waals surface area contributed by atoms with Gasteiger partial charge in [-0.2, -0.15) is 0 Å². The molecule has 162 valence electrons. The minimum atomic E-state index is -2.97. The van der Waals surface area contributed by atoms with Crippen molar-refractivity contribution in [1.82, 2.24) is 4.57 Å². The number of ketones is 1. The van der Waals surface area contributed by atoms with Crippen LogP contribution < -0.4 is 4.90 Å². The summed E-state index contributed by atoms with van der Waals surface area (Å²) >= 11 is 0. The third-order valence-electron chi connectivity index (χ3n) is 6.68. The van der Waals surface area contributed by atoms with Crippen LogP contribution in [0, 0.1) is 13.8 Å². The lowest BCUT2D eigenvalue weighted by Gasteiger charge is -2.31. The Morgan fingerprint density at radius 1 is 1.20 bits per heavy atom. The Bertz CT molecular complexity index is 1080. The standard InChI is InChI=1S/C24H32N2O3S/c1-16(2)19-7-8-23-20(13-19)6-5-10-25(23)14-24(27)22-12-17(3)26(18(22)4)21-9-11-30(28,29)15-21/h7-8,12-13,16,21H,5-6,9-11,14-15H2,1-4H3. The Kier molecular flexibility index (Phi) is 5.56. The number of fused-ring (bicyclic) bond motifs is 1. The first-order chi connectivity index (χ1) is 14.2. The predicted octanol–water partition coefficient (Wildman–Crippen LogP) is 4.22. The zero-order chi connectivity index (χ0) is 21.6. The molecule has 1 aromatic carbocycles. The predicted molar refractivity (Wildman–Crippen MR) is 122 cm³/mol. The lowest BCUT2D eigenvalue weighted by Crippen LogP contribution is -2.34. The monoisotopic (exact) mass is 428 g/mol. The van der Waals surface area contributed by atoms with E-state index in [1.165, 1.54) is 16.8 Å². The van der Waals surface area contributed by atoms with Crippen LogP contribution in [0.2, 0.25) is 0 Å². The van der Waals surface area contributed by atoms with Gasteiger partial charge in [0.05, 0.1) is 18.1 Å². The molecule has 6 heteroatoms. The maximum absolute atomic E-state index is 13.3. The molecule has 3 heterocycles. The van der Waals surface area contributed by atoms with Crippen molar-refractivity contribution >= 4 is 21.3 Å². The van der Waals surface area contributed by atoms with Crippen LogP contribution in [-0.4, -0.2) is 43.4 Å². The topological polar surface area (TPSA) is 59.4 Å². The molecule has 4 rings (SSSR count). The van der Waals surface area contributed by atoms with Gasteiger partial charge in [0.25, 0.3) is 0 Å². The van der Waals surface area contributed by atoms with E-state index in [0.29, 0.717) is 18.9 Å². The van der Waals surface area contributed by atoms with Gasteiger partial charge in [-0.25, -0.2) is 8.42 Å². The number of carbonyl (C=O) groups is 1. The minimum absolute atomic E-state index is 0.0540. The Morgan fingerprint density at radius 3 is 2.63 bits per heavy atom. The molecule has 1 unspecified atom stereocenters. The molecule has 0 radical (unpaired) electrons. The molecule has 5 nitrogen and oxygen atoms in total. The Morgan fingerprint density at radius 2 is 1.97 bits per heavy atom. The van der Waals surface area contributed by atoms with E-state index in [9.17, 15) is 13.2 Å². The zero-order valence-corrected chi connectivity index (χ0v) is 19.3. The van der Waals surface area contributed by atoms with Gasteiger partial charge in [0, 0.05) is 35.2 Å². The molecule has 0 saturated carbocycles. The van der Waals surface area contributed by atoms with Gasteiger partial charge >= 0.3 is 0 Å². The van der Waals surface area contributed by atoms with E-state index in [1.54, 1.807) is 0 Å². The van der Waals surface area contributed by atoms with Crippen molar-refractivity contribution in [2.24, 2.45) is 0 Å². The van der Waals surface area contributed by atoms with E-state index in [4.69, 9.17) is 0 Å². The van der Waals surface area contributed by atoms with Gasteiger partial charge in [-0.15, -0.1) is 0 Å². The van der Waals surface area contributed by atoms with E-state index in [-0.39, 0.29) is 23.3 Å². The van der Waals surface area contributed by atoms with Gasteiger partial charge in [0.15, 0.2) is 15.6 Å². The molecule has 0 amide bonds. The summed E-state index contributed by atoms with van der Waals surface area (Å²) in [6, 6.07) is 8.53. The highest BCUT2D eigenvalue weighted by atomic mass is 32.2. The fraction of sp³-hybridized carbons (Fsp3) is 0.542. The average Bonchev–Trinajstić information content (AvgIpc) is 3.19. The van der Waals surface area contributed by atoms with Crippen LogP contribution in [-0.2, 0) is 16.3 Å². The third-order valence-corrected chi connectivity index (χ3v) is 8.43. The molecule has 1 aromatic heterocycles. The first-order valence-corrected chi connectivity index (χ1v) is 12.8. The number of anilines is 1. The van der Waals surface area contributed by atoms with Crippen LogP contribution in [0.15, 0.2) is 24.3 Å². The second-order valence-electron chi connectivity index (χ2n) is 9.20. The smallest absolute Gasteiger partial charge is 0.183 e. The number of hydrogen-bond donors (Lipinski definition) is 0. The van der Waals surface area contributed by atoms with Crippen LogP contribution in [0.25, 0.3) is 0 Å². The largest absolute Gasteiger partial charge is 0.364 e. The lowest BCUT2D eigenvalue weighted by molar-refractivity contribution is 0.0998. The molecule has 0 aliphatic carbocycles. The van der Waals surface area contributed by atoms with Gasteiger partial charge in [-0.1, -0.05) is 26.0 Å². The Hall–Kier alpha value is -2.08. The second-order valence-corrected chi connectivity index (χ2v) is 11.4. The Labute approximate surface area is 180 Å². The fourth-order valence-corrected chi connectivity index (χ4v) is 6.78. The summed E-state index contributed by atoms with van der Waals surface area (Å²) in [6.45, 7) is 9.58. The van der Waals surface area contributed by atoms with Crippen molar-refractivity contribution in [3.8, 4) is 0 Å². The SMILES string of the molecule is Cc1cc(C(=O)CN2CCCc3cc(C(C)C)ccc32)c(C)n1C1CCS(=O)(=O)C1. The highest BCUT2D eigenvalue weighted by molar-refractivity contribution is 7.91. The quantitative estimate of drug-likeness (QED) is 0.669. The highest BCUT2D eigenvalue weighted by Gasteiger charge is 2.32. The van der Waals surface area contributed by atoms with Crippen molar-refractivity contribution < 1.29 is 13.2 Å². The van der Waals surface area contributed by atoms with Gasteiger partial charge in [0.1, 0.15) is 0 Å². The van der Waals surface area contributed by atoms with E-state index >= 15 is 0 Å². The number of Topliss-reactive ketones (excluding diaryl/α,β-unsaturated/α-hetero) is 1. The number of aromatic nitrogens is 1. The van der Waals surface area contributed by atoms with E-state index in [1.807, 2.05) is 19.9 Å². The molecule has 2 aliphatic rings. The maximum Gasteiger partial charge on any atom is 0.183 e. The van der Waals surface area contributed by atoms with Gasteiger partial charge in [-0.3, -0.25) is 4.79 Å². The number of hydrogen-bond acceptors (Lipinski definition) is 4. The third kappa shape index (κ3) is 3.94. The molecular weight excluding hydrogens is 396 g/mol. The first-order valence-electron chi connectivity index (χ1n) is 11.0. The van der Waals surface area contributed by atoms with E-state index < -0.39 is 9.84 Å². The zero-order valence-electron chi connectivity index (χ0n) is 18.4. The van der Waals surface area contributed by atoms with E-state index in [0.717, 1.165) is 36.3 Å². The number of nitrogens with zero attached hydrogens (tertiary/aromatic N) is 2. The average molecular weight is 429 g/mol. The normalized spacial score (nSPS) is 20.6. The second kappa shape index (κ2) is 7.88. The number of sulfone groups is 1.